The lowest BCUT2D eigenvalue weighted by Gasteiger charge is -2.32. The number of benzene rings is 1. The van der Waals surface area contributed by atoms with Gasteiger partial charge in [-0.1, -0.05) is 35.9 Å². The van der Waals surface area contributed by atoms with E-state index in [-0.39, 0.29) is 11.9 Å². The van der Waals surface area contributed by atoms with E-state index in [1.807, 2.05) is 30.5 Å². The van der Waals surface area contributed by atoms with Crippen LogP contribution in [0.4, 0.5) is 5.82 Å². The average Bonchev–Trinajstić information content (AvgIpc) is 2.91. The van der Waals surface area contributed by atoms with Gasteiger partial charge in [-0.15, -0.1) is 0 Å². The molecule has 2 fully saturated rings. The summed E-state index contributed by atoms with van der Waals surface area (Å²) in [5.41, 5.74) is 3.48. The number of likely N-dealkylation sites (tertiary alicyclic amines) is 1. The second-order valence-electron chi connectivity index (χ2n) is 9.51. The van der Waals surface area contributed by atoms with Crippen molar-refractivity contribution in [2.45, 2.75) is 44.7 Å². The second kappa shape index (κ2) is 11.2. The molecule has 0 bridgehead atoms. The number of anilines is 1. The Hall–Kier alpha value is -2.96. The van der Waals surface area contributed by atoms with Crippen LogP contribution in [-0.4, -0.2) is 53.0 Å². The third kappa shape index (κ3) is 5.82. The number of amides is 1. The Bertz CT molecular complexity index is 1120. The molecule has 2 aliphatic heterocycles. The maximum Gasteiger partial charge on any atom is 0.253 e. The van der Waals surface area contributed by atoms with Crippen molar-refractivity contribution in [2.24, 2.45) is 0 Å². The summed E-state index contributed by atoms with van der Waals surface area (Å²) in [4.78, 5) is 26.7. The number of hydrogen-bond acceptors (Lipinski definition) is 5. The largest absolute Gasteiger partial charge is 0.357 e. The highest BCUT2D eigenvalue weighted by Gasteiger charge is 2.23. The van der Waals surface area contributed by atoms with Gasteiger partial charge in [0.05, 0.1) is 10.6 Å². The highest BCUT2D eigenvalue weighted by molar-refractivity contribution is 6.36. The molecule has 0 spiro atoms. The van der Waals surface area contributed by atoms with Crippen LogP contribution in [0.5, 0.6) is 0 Å². The standard InChI is InChI=1S/C28H32ClN5O/c29-27-24(22-6-5-13-30-19-22)7-4-8-25(27)28(35)32-23-11-16-33(17-12-23)20-21-9-10-26(31-18-21)34-14-2-1-3-15-34/h4-10,13,18-19,23H,1-3,11-12,14-17,20H2,(H,32,35). The predicted molar refractivity (Wildman–Crippen MR) is 141 cm³/mol. The van der Waals surface area contributed by atoms with Crippen LogP contribution in [0.15, 0.2) is 61.1 Å². The molecule has 2 aliphatic rings. The molecule has 35 heavy (non-hydrogen) atoms. The minimum Gasteiger partial charge on any atom is -0.357 e. The summed E-state index contributed by atoms with van der Waals surface area (Å²) in [5.74, 6) is 0.984. The van der Waals surface area contributed by atoms with Gasteiger partial charge in [0.1, 0.15) is 5.82 Å². The van der Waals surface area contributed by atoms with Crippen LogP contribution >= 0.6 is 11.6 Å². The quantitative estimate of drug-likeness (QED) is 0.516. The number of nitrogens with zero attached hydrogens (tertiary/aromatic N) is 4. The summed E-state index contributed by atoms with van der Waals surface area (Å²) in [6, 6.07) is 13.9. The van der Waals surface area contributed by atoms with Gasteiger partial charge in [-0.3, -0.25) is 14.7 Å². The highest BCUT2D eigenvalue weighted by atomic mass is 35.5. The zero-order valence-corrected chi connectivity index (χ0v) is 20.8. The highest BCUT2D eigenvalue weighted by Crippen LogP contribution is 2.30. The molecule has 0 radical (unpaired) electrons. The Morgan fingerprint density at radius 3 is 2.51 bits per heavy atom. The maximum atomic E-state index is 13.0. The first-order valence-corrected chi connectivity index (χ1v) is 13.0. The van der Waals surface area contributed by atoms with Crippen molar-refractivity contribution in [3.8, 4) is 11.1 Å². The fourth-order valence-electron chi connectivity index (χ4n) is 5.03. The van der Waals surface area contributed by atoms with Crippen LogP contribution in [0.3, 0.4) is 0 Å². The van der Waals surface area contributed by atoms with Crippen molar-refractivity contribution in [2.75, 3.05) is 31.1 Å². The third-order valence-corrected chi connectivity index (χ3v) is 7.44. The van der Waals surface area contributed by atoms with Crippen LogP contribution in [0, 0.1) is 0 Å². The smallest absolute Gasteiger partial charge is 0.253 e. The second-order valence-corrected chi connectivity index (χ2v) is 9.88. The molecular weight excluding hydrogens is 458 g/mol. The number of rotatable bonds is 6. The van der Waals surface area contributed by atoms with E-state index in [0.717, 1.165) is 62.5 Å². The molecule has 5 rings (SSSR count). The van der Waals surface area contributed by atoms with Crippen LogP contribution in [-0.2, 0) is 6.54 Å². The molecule has 7 heteroatoms. The number of piperidine rings is 2. The number of halogens is 1. The first-order chi connectivity index (χ1) is 17.2. The van der Waals surface area contributed by atoms with Crippen molar-refractivity contribution in [1.29, 1.82) is 0 Å². The summed E-state index contributed by atoms with van der Waals surface area (Å²) in [6.45, 7) is 5.02. The number of nitrogens with one attached hydrogen (secondary N) is 1. The summed E-state index contributed by atoms with van der Waals surface area (Å²) in [6.07, 6.45) is 11.2. The van der Waals surface area contributed by atoms with E-state index in [2.05, 4.69) is 32.2 Å². The molecule has 1 aromatic carbocycles. The lowest BCUT2D eigenvalue weighted by Crippen LogP contribution is -2.44. The molecule has 0 saturated carbocycles. The molecule has 1 N–H and O–H groups in total. The van der Waals surface area contributed by atoms with Crippen molar-refractivity contribution in [1.82, 2.24) is 20.2 Å². The zero-order valence-electron chi connectivity index (χ0n) is 20.0. The molecule has 4 heterocycles. The molecule has 0 aliphatic carbocycles. The summed E-state index contributed by atoms with van der Waals surface area (Å²) >= 11 is 6.62. The Morgan fingerprint density at radius 2 is 1.80 bits per heavy atom. The summed E-state index contributed by atoms with van der Waals surface area (Å²) in [7, 11) is 0. The topological polar surface area (TPSA) is 61.4 Å². The van der Waals surface area contributed by atoms with Crippen molar-refractivity contribution in [3.05, 3.63) is 77.2 Å². The number of aromatic nitrogens is 2. The van der Waals surface area contributed by atoms with E-state index in [0.29, 0.717) is 10.6 Å². The Morgan fingerprint density at radius 1 is 0.971 bits per heavy atom. The van der Waals surface area contributed by atoms with Gasteiger partial charge in [-0.2, -0.15) is 0 Å². The molecule has 182 valence electrons. The summed E-state index contributed by atoms with van der Waals surface area (Å²) < 4.78 is 0. The molecular formula is C28H32ClN5O. The van der Waals surface area contributed by atoms with E-state index in [4.69, 9.17) is 16.6 Å². The number of hydrogen-bond donors (Lipinski definition) is 1. The first-order valence-electron chi connectivity index (χ1n) is 12.6. The SMILES string of the molecule is O=C(NC1CCN(Cc2ccc(N3CCCCC3)nc2)CC1)c1cccc(-c2cccnc2)c1Cl. The van der Waals surface area contributed by atoms with Crippen LogP contribution in [0.1, 0.15) is 48.0 Å². The molecule has 0 atom stereocenters. The number of carbonyl (C=O) groups is 1. The fourth-order valence-corrected chi connectivity index (χ4v) is 5.35. The molecule has 2 aromatic heterocycles. The Kier molecular flexibility index (Phi) is 7.60. The van der Waals surface area contributed by atoms with Crippen LogP contribution in [0.25, 0.3) is 11.1 Å². The Labute approximate surface area is 212 Å². The lowest BCUT2D eigenvalue weighted by atomic mass is 10.0. The molecule has 0 unspecified atom stereocenters. The van der Waals surface area contributed by atoms with Gasteiger partial charge in [0, 0.05) is 68.5 Å². The van der Waals surface area contributed by atoms with Crippen LogP contribution in [0.2, 0.25) is 5.02 Å². The minimum atomic E-state index is -0.114. The Balaban J connectivity index is 1.13. The van der Waals surface area contributed by atoms with Gasteiger partial charge in [-0.25, -0.2) is 4.98 Å². The fraction of sp³-hybridized carbons (Fsp3) is 0.393. The zero-order chi connectivity index (χ0) is 24.0. The molecule has 2 saturated heterocycles. The predicted octanol–water partition coefficient (Wildman–Crippen LogP) is 5.18. The molecule has 6 nitrogen and oxygen atoms in total. The molecule has 3 aromatic rings. The maximum absolute atomic E-state index is 13.0. The summed E-state index contributed by atoms with van der Waals surface area (Å²) in [5, 5.41) is 3.67. The molecule has 1 amide bonds. The van der Waals surface area contributed by atoms with Gasteiger partial charge >= 0.3 is 0 Å². The first kappa shape index (κ1) is 23.8. The van der Waals surface area contributed by atoms with E-state index in [1.165, 1.54) is 24.8 Å². The monoisotopic (exact) mass is 489 g/mol. The van der Waals surface area contributed by atoms with Gasteiger partial charge in [0.25, 0.3) is 5.91 Å². The lowest BCUT2D eigenvalue weighted by molar-refractivity contribution is 0.0909. The van der Waals surface area contributed by atoms with Gasteiger partial charge in [0.2, 0.25) is 0 Å². The van der Waals surface area contributed by atoms with Crippen molar-refractivity contribution < 1.29 is 4.79 Å². The van der Waals surface area contributed by atoms with Gasteiger partial charge in [0.15, 0.2) is 0 Å². The van der Waals surface area contributed by atoms with E-state index in [9.17, 15) is 4.79 Å². The van der Waals surface area contributed by atoms with E-state index in [1.54, 1.807) is 18.5 Å². The normalized spacial score (nSPS) is 17.3. The van der Waals surface area contributed by atoms with E-state index >= 15 is 0 Å². The van der Waals surface area contributed by atoms with Crippen LogP contribution < -0.4 is 10.2 Å². The average molecular weight is 490 g/mol. The van der Waals surface area contributed by atoms with Gasteiger partial charge < -0.3 is 10.2 Å². The number of carbonyl (C=O) groups excluding carboxylic acids is 1. The minimum absolute atomic E-state index is 0.114. The van der Waals surface area contributed by atoms with Gasteiger partial charge in [-0.05, 0) is 55.9 Å². The van der Waals surface area contributed by atoms with Crippen molar-refractivity contribution in [3.63, 3.8) is 0 Å². The van der Waals surface area contributed by atoms with E-state index < -0.39 is 0 Å². The third-order valence-electron chi connectivity index (χ3n) is 7.03. The van der Waals surface area contributed by atoms with Crippen molar-refractivity contribution >= 4 is 23.3 Å². The number of pyridine rings is 2.